The molecule has 236 valence electrons. The highest BCUT2D eigenvalue weighted by Crippen LogP contribution is 2.66. The van der Waals surface area contributed by atoms with Gasteiger partial charge in [-0.2, -0.15) is 0 Å². The molecule has 3 aromatic rings. The highest BCUT2D eigenvalue weighted by Gasteiger charge is 2.62. The molecule has 0 unspecified atom stereocenters. The van der Waals surface area contributed by atoms with Gasteiger partial charge in [0.25, 0.3) is 0 Å². The van der Waals surface area contributed by atoms with Gasteiger partial charge < -0.3 is 20.4 Å². The van der Waals surface area contributed by atoms with Crippen LogP contribution in [0.2, 0.25) is 0 Å². The number of amides is 2. The molecule has 7 rings (SSSR count). The molecule has 3 N–H and O–H groups in total. The van der Waals surface area contributed by atoms with Crippen LogP contribution in [0.4, 0.5) is 4.79 Å². The fourth-order valence-corrected chi connectivity index (χ4v) is 9.61. The summed E-state index contributed by atoms with van der Waals surface area (Å²) in [5.41, 5.74) is 3.80. The van der Waals surface area contributed by atoms with Crippen molar-refractivity contribution in [1.29, 1.82) is 0 Å². The highest BCUT2D eigenvalue weighted by molar-refractivity contribution is 5.86. The number of benzene rings is 3. The summed E-state index contributed by atoms with van der Waals surface area (Å²) < 4.78 is 0. The number of nitrogens with one attached hydrogen (secondary N) is 1. The lowest BCUT2D eigenvalue weighted by molar-refractivity contribution is -0.0972. The zero-order valence-electron chi connectivity index (χ0n) is 27.0. The Morgan fingerprint density at radius 1 is 0.911 bits per heavy atom. The van der Waals surface area contributed by atoms with E-state index in [4.69, 9.17) is 0 Å². The molecule has 7 atom stereocenters. The van der Waals surface area contributed by atoms with E-state index in [-0.39, 0.29) is 34.9 Å². The van der Waals surface area contributed by atoms with Gasteiger partial charge in [0.05, 0.1) is 24.3 Å². The van der Waals surface area contributed by atoms with Crippen molar-refractivity contribution in [3.05, 3.63) is 107 Å². The lowest BCUT2D eigenvalue weighted by atomic mass is 9.50. The van der Waals surface area contributed by atoms with E-state index in [1.54, 1.807) is 0 Å². The second-order valence-electron chi connectivity index (χ2n) is 14.9. The molecule has 2 amide bonds. The van der Waals surface area contributed by atoms with Crippen LogP contribution in [0.15, 0.2) is 96.1 Å². The summed E-state index contributed by atoms with van der Waals surface area (Å²) in [6, 6.07) is 24.4. The predicted octanol–water partition coefficient (Wildman–Crippen LogP) is 8.09. The molecule has 3 fully saturated rings. The van der Waals surface area contributed by atoms with E-state index >= 15 is 0 Å². The van der Waals surface area contributed by atoms with Gasteiger partial charge in [-0.1, -0.05) is 110 Å². The minimum Gasteiger partial charge on any atom is -0.393 e. The number of hydrogen-bond acceptors (Lipinski definition) is 3. The number of carbonyl (C=O) groups excluding carboxylic acids is 1. The summed E-state index contributed by atoms with van der Waals surface area (Å²) in [4.78, 5) is 16.1. The topological polar surface area (TPSA) is 72.8 Å². The van der Waals surface area contributed by atoms with Crippen molar-refractivity contribution in [2.45, 2.75) is 90.0 Å². The van der Waals surface area contributed by atoms with E-state index in [2.05, 4.69) is 61.6 Å². The van der Waals surface area contributed by atoms with Gasteiger partial charge in [0.2, 0.25) is 0 Å². The fourth-order valence-electron chi connectivity index (χ4n) is 9.61. The van der Waals surface area contributed by atoms with Crippen LogP contribution < -0.4 is 5.32 Å². The van der Waals surface area contributed by atoms with Crippen LogP contribution in [0.1, 0.15) is 82.9 Å². The SMILES string of the molecule is C[C@@H](NC(=O)N(Cc1cccc2ccccc12)C[C@]1(O)CC[C@H]2C3=CC=C4C[C@@H](O)CC[C@]4(C)[C@H]3CC[C@@]21C)c1ccccc1. The Labute approximate surface area is 268 Å². The first kappa shape index (κ1) is 30.3. The van der Waals surface area contributed by atoms with Crippen molar-refractivity contribution in [1.82, 2.24) is 10.2 Å². The predicted molar refractivity (Wildman–Crippen MR) is 180 cm³/mol. The summed E-state index contributed by atoms with van der Waals surface area (Å²) in [6.45, 7) is 7.44. The quantitative estimate of drug-likeness (QED) is 0.266. The van der Waals surface area contributed by atoms with Crippen molar-refractivity contribution >= 4 is 16.8 Å². The van der Waals surface area contributed by atoms with Gasteiger partial charge in [0, 0.05) is 12.0 Å². The zero-order valence-corrected chi connectivity index (χ0v) is 27.0. The van der Waals surface area contributed by atoms with Crippen molar-refractivity contribution in [2.24, 2.45) is 22.7 Å². The smallest absolute Gasteiger partial charge is 0.318 e. The van der Waals surface area contributed by atoms with Gasteiger partial charge in [0.1, 0.15) is 0 Å². The lowest BCUT2D eigenvalue weighted by Gasteiger charge is -2.56. The van der Waals surface area contributed by atoms with Crippen LogP contribution in [0, 0.1) is 22.7 Å². The number of allylic oxidation sites excluding steroid dienone is 3. The third-order valence-electron chi connectivity index (χ3n) is 12.5. The summed E-state index contributed by atoms with van der Waals surface area (Å²) in [5.74, 6) is 0.751. The molecular weight excluding hydrogens is 556 g/mol. The largest absolute Gasteiger partial charge is 0.393 e. The third-order valence-corrected chi connectivity index (χ3v) is 12.5. The van der Waals surface area contributed by atoms with Crippen molar-refractivity contribution in [2.75, 3.05) is 6.54 Å². The van der Waals surface area contributed by atoms with Gasteiger partial charge >= 0.3 is 6.03 Å². The number of hydrogen-bond donors (Lipinski definition) is 3. The molecule has 0 radical (unpaired) electrons. The molecule has 0 aromatic heterocycles. The molecular formula is C40H48N2O3. The van der Waals surface area contributed by atoms with Gasteiger partial charge in [0.15, 0.2) is 0 Å². The van der Waals surface area contributed by atoms with E-state index in [9.17, 15) is 15.0 Å². The average Bonchev–Trinajstić information content (AvgIpc) is 3.31. The minimum atomic E-state index is -1.00. The van der Waals surface area contributed by atoms with Gasteiger partial charge in [-0.15, -0.1) is 0 Å². The molecule has 0 aliphatic heterocycles. The third kappa shape index (κ3) is 5.13. The number of fused-ring (bicyclic) bond motifs is 6. The molecule has 45 heavy (non-hydrogen) atoms. The number of rotatable bonds is 6. The first-order chi connectivity index (χ1) is 21.6. The first-order valence-electron chi connectivity index (χ1n) is 17.0. The molecule has 0 saturated heterocycles. The first-order valence-corrected chi connectivity index (χ1v) is 17.0. The zero-order chi connectivity index (χ0) is 31.4. The molecule has 5 heteroatoms. The molecule has 5 nitrogen and oxygen atoms in total. The Hall–Kier alpha value is -3.41. The Kier molecular flexibility index (Phi) is 7.69. The van der Waals surface area contributed by atoms with Crippen LogP contribution in [-0.4, -0.2) is 39.4 Å². The van der Waals surface area contributed by atoms with Crippen LogP contribution in [0.3, 0.4) is 0 Å². The Balaban J connectivity index is 1.19. The Morgan fingerprint density at radius 2 is 1.64 bits per heavy atom. The van der Waals surface area contributed by atoms with Crippen LogP contribution in [0.25, 0.3) is 10.8 Å². The van der Waals surface area contributed by atoms with Crippen molar-refractivity contribution in [3.8, 4) is 0 Å². The van der Waals surface area contributed by atoms with Crippen LogP contribution in [0.5, 0.6) is 0 Å². The minimum absolute atomic E-state index is 0.0964. The summed E-state index contributed by atoms with van der Waals surface area (Å²) >= 11 is 0. The number of aliphatic hydroxyl groups is 2. The van der Waals surface area contributed by atoms with Crippen molar-refractivity contribution < 1.29 is 15.0 Å². The summed E-state index contributed by atoms with van der Waals surface area (Å²) in [5, 5.41) is 28.7. The summed E-state index contributed by atoms with van der Waals surface area (Å²) in [6.07, 6.45) is 10.7. The molecule has 0 heterocycles. The van der Waals surface area contributed by atoms with E-state index in [0.717, 1.165) is 60.4 Å². The van der Waals surface area contributed by atoms with Gasteiger partial charge in [-0.3, -0.25) is 0 Å². The maximum absolute atomic E-state index is 14.2. The van der Waals surface area contributed by atoms with E-state index < -0.39 is 5.60 Å². The van der Waals surface area contributed by atoms with Gasteiger partial charge in [-0.05, 0) is 91.0 Å². The van der Waals surface area contributed by atoms with Crippen LogP contribution >= 0.6 is 0 Å². The van der Waals surface area contributed by atoms with Crippen molar-refractivity contribution in [3.63, 3.8) is 0 Å². The Morgan fingerprint density at radius 3 is 2.47 bits per heavy atom. The Bertz CT molecular complexity index is 1640. The molecule has 3 saturated carbocycles. The monoisotopic (exact) mass is 604 g/mol. The molecule has 4 aliphatic carbocycles. The van der Waals surface area contributed by atoms with Gasteiger partial charge in [-0.25, -0.2) is 4.79 Å². The fraction of sp³-hybridized carbons (Fsp3) is 0.475. The standard InChI is InChI=1S/C40H48N2O3/c1-27(28-10-5-4-6-11-28)41-37(44)42(25-30-14-9-13-29-12-7-8-15-33(29)30)26-40(45)23-20-36-34-17-16-31-24-32(43)18-21-38(31,2)35(34)19-22-39(36,40)3/h4-17,27,32,35-36,43,45H,18-26H2,1-3H3,(H,41,44)/t27-,32+,35+,36+,38+,39+,40-/m1/s1. The molecule has 3 aromatic carbocycles. The number of nitrogens with zero attached hydrogens (tertiary/aromatic N) is 1. The number of aliphatic hydroxyl groups excluding tert-OH is 1. The lowest BCUT2D eigenvalue weighted by Crippen LogP contribution is -2.57. The maximum Gasteiger partial charge on any atom is 0.318 e. The van der Waals surface area contributed by atoms with E-state index in [0.29, 0.717) is 25.4 Å². The second-order valence-corrected chi connectivity index (χ2v) is 14.9. The summed E-state index contributed by atoms with van der Waals surface area (Å²) in [7, 11) is 0. The van der Waals surface area contributed by atoms with E-state index in [1.165, 1.54) is 11.1 Å². The number of urea groups is 1. The molecule has 0 bridgehead atoms. The average molecular weight is 605 g/mol. The highest BCUT2D eigenvalue weighted by atomic mass is 16.3. The second kappa shape index (κ2) is 11.4. The van der Waals surface area contributed by atoms with Crippen LogP contribution in [-0.2, 0) is 6.54 Å². The molecule has 0 spiro atoms. The normalized spacial score (nSPS) is 32.9. The molecule has 4 aliphatic rings. The number of carbonyl (C=O) groups is 1. The maximum atomic E-state index is 14.2. The van der Waals surface area contributed by atoms with E-state index in [1.807, 2.05) is 54.3 Å².